The summed E-state index contributed by atoms with van der Waals surface area (Å²) in [4.78, 5) is 18.7. The normalized spacial score (nSPS) is 20.8. The second-order valence-electron chi connectivity index (χ2n) is 7.42. The lowest BCUT2D eigenvalue weighted by Gasteiger charge is -2.50. The highest BCUT2D eigenvalue weighted by molar-refractivity contribution is 5.93. The molecular formula is C20H26N4O3. The maximum absolute atomic E-state index is 12.8. The van der Waals surface area contributed by atoms with E-state index in [4.69, 9.17) is 9.47 Å². The molecule has 2 saturated heterocycles. The van der Waals surface area contributed by atoms with Crippen molar-refractivity contribution in [3.05, 3.63) is 47.5 Å². The highest BCUT2D eigenvalue weighted by atomic mass is 16.5. The van der Waals surface area contributed by atoms with Gasteiger partial charge in [-0.2, -0.15) is 5.10 Å². The SMILES string of the molecule is CCn1nc(C)cc1C(=O)N1CC2(C1)OCCC2COCc1ccncc1. The molecule has 7 heteroatoms. The van der Waals surface area contributed by atoms with E-state index in [1.807, 2.05) is 36.9 Å². The number of aromatic nitrogens is 3. The number of rotatable bonds is 6. The minimum atomic E-state index is -0.250. The minimum Gasteiger partial charge on any atom is -0.376 e. The van der Waals surface area contributed by atoms with E-state index in [0.717, 1.165) is 24.3 Å². The molecule has 1 atom stereocenters. The molecule has 27 heavy (non-hydrogen) atoms. The topological polar surface area (TPSA) is 69.5 Å². The van der Waals surface area contributed by atoms with Crippen LogP contribution in [0.4, 0.5) is 0 Å². The standard InChI is InChI=1S/C20H26N4O3/c1-3-24-18(10-15(2)22-24)19(25)23-13-20(14-23)17(6-9-27-20)12-26-11-16-4-7-21-8-5-16/h4-5,7-8,10,17H,3,6,9,11-14H2,1-2H3. The van der Waals surface area contributed by atoms with E-state index in [1.165, 1.54) is 0 Å². The van der Waals surface area contributed by atoms with Crippen molar-refractivity contribution < 1.29 is 14.3 Å². The van der Waals surface area contributed by atoms with Crippen LogP contribution in [-0.4, -0.2) is 57.5 Å². The maximum Gasteiger partial charge on any atom is 0.272 e. The van der Waals surface area contributed by atoms with E-state index in [0.29, 0.717) is 44.5 Å². The van der Waals surface area contributed by atoms with Crippen molar-refractivity contribution >= 4 is 5.91 Å². The first-order valence-corrected chi connectivity index (χ1v) is 9.55. The first kappa shape index (κ1) is 18.1. The second-order valence-corrected chi connectivity index (χ2v) is 7.42. The zero-order chi connectivity index (χ0) is 18.9. The van der Waals surface area contributed by atoms with Gasteiger partial charge >= 0.3 is 0 Å². The van der Waals surface area contributed by atoms with Crippen LogP contribution in [0.25, 0.3) is 0 Å². The van der Waals surface area contributed by atoms with Crippen LogP contribution in [0.3, 0.4) is 0 Å². The Kier molecular flexibility index (Phi) is 4.97. The van der Waals surface area contributed by atoms with Crippen LogP contribution in [0.2, 0.25) is 0 Å². The van der Waals surface area contributed by atoms with E-state index in [9.17, 15) is 4.79 Å². The van der Waals surface area contributed by atoms with E-state index in [1.54, 1.807) is 17.1 Å². The summed E-state index contributed by atoms with van der Waals surface area (Å²) in [6, 6.07) is 5.79. The summed E-state index contributed by atoms with van der Waals surface area (Å²) < 4.78 is 13.8. The Morgan fingerprint density at radius 3 is 2.89 bits per heavy atom. The van der Waals surface area contributed by atoms with Gasteiger partial charge in [-0.05, 0) is 44.0 Å². The lowest BCUT2D eigenvalue weighted by atomic mass is 9.81. The summed E-state index contributed by atoms with van der Waals surface area (Å²) >= 11 is 0. The van der Waals surface area contributed by atoms with Gasteiger partial charge in [0, 0.05) is 31.5 Å². The summed E-state index contributed by atoms with van der Waals surface area (Å²) in [7, 11) is 0. The third kappa shape index (κ3) is 3.49. The number of carbonyl (C=O) groups excluding carboxylic acids is 1. The van der Waals surface area contributed by atoms with Crippen molar-refractivity contribution in [1.82, 2.24) is 19.7 Å². The number of hydrogen-bond acceptors (Lipinski definition) is 5. The molecule has 2 aromatic rings. The van der Waals surface area contributed by atoms with Crippen LogP contribution >= 0.6 is 0 Å². The highest BCUT2D eigenvalue weighted by Crippen LogP contribution is 2.40. The summed E-state index contributed by atoms with van der Waals surface area (Å²) in [5.41, 5.74) is 2.40. The van der Waals surface area contributed by atoms with Crippen molar-refractivity contribution in [2.75, 3.05) is 26.3 Å². The molecule has 144 valence electrons. The predicted octanol–water partition coefficient (Wildman–Crippen LogP) is 2.05. The van der Waals surface area contributed by atoms with Gasteiger partial charge in [0.05, 0.1) is 32.0 Å². The van der Waals surface area contributed by atoms with Crippen molar-refractivity contribution in [3.63, 3.8) is 0 Å². The highest BCUT2D eigenvalue weighted by Gasteiger charge is 2.54. The Hall–Kier alpha value is -2.25. The van der Waals surface area contributed by atoms with Crippen LogP contribution in [0, 0.1) is 12.8 Å². The quantitative estimate of drug-likeness (QED) is 0.778. The third-order valence-corrected chi connectivity index (χ3v) is 5.56. The van der Waals surface area contributed by atoms with E-state index in [-0.39, 0.29) is 11.5 Å². The Morgan fingerprint density at radius 2 is 2.15 bits per heavy atom. The average molecular weight is 370 g/mol. The molecular weight excluding hydrogens is 344 g/mol. The van der Waals surface area contributed by atoms with Gasteiger partial charge in [0.15, 0.2) is 0 Å². The molecule has 0 radical (unpaired) electrons. The van der Waals surface area contributed by atoms with Crippen LogP contribution in [0.5, 0.6) is 0 Å². The van der Waals surface area contributed by atoms with Crippen LogP contribution < -0.4 is 0 Å². The van der Waals surface area contributed by atoms with Gasteiger partial charge in [0.2, 0.25) is 0 Å². The van der Waals surface area contributed by atoms with E-state index < -0.39 is 0 Å². The molecule has 7 nitrogen and oxygen atoms in total. The molecule has 2 aromatic heterocycles. The third-order valence-electron chi connectivity index (χ3n) is 5.56. The largest absolute Gasteiger partial charge is 0.376 e. The van der Waals surface area contributed by atoms with Gasteiger partial charge in [0.1, 0.15) is 11.3 Å². The molecule has 0 aromatic carbocycles. The fourth-order valence-corrected chi connectivity index (χ4v) is 4.03. The Balaban J connectivity index is 1.34. The van der Waals surface area contributed by atoms with Crippen LogP contribution in [0.15, 0.2) is 30.6 Å². The number of likely N-dealkylation sites (tertiary alicyclic amines) is 1. The van der Waals surface area contributed by atoms with Crippen LogP contribution in [-0.2, 0) is 22.6 Å². The zero-order valence-electron chi connectivity index (χ0n) is 15.9. The molecule has 4 heterocycles. The first-order valence-electron chi connectivity index (χ1n) is 9.55. The number of ether oxygens (including phenoxy) is 2. The molecule has 4 rings (SSSR count). The molecule has 2 aliphatic rings. The number of carbonyl (C=O) groups is 1. The molecule has 1 amide bonds. The van der Waals surface area contributed by atoms with Gasteiger partial charge in [0.25, 0.3) is 5.91 Å². The summed E-state index contributed by atoms with van der Waals surface area (Å²) in [6.07, 6.45) is 4.53. The lowest BCUT2D eigenvalue weighted by Crippen LogP contribution is -2.66. The minimum absolute atomic E-state index is 0.0371. The number of aryl methyl sites for hydroxylation is 2. The zero-order valence-corrected chi connectivity index (χ0v) is 15.9. The van der Waals surface area contributed by atoms with Crippen molar-refractivity contribution in [3.8, 4) is 0 Å². The van der Waals surface area contributed by atoms with Gasteiger partial charge in [-0.15, -0.1) is 0 Å². The van der Waals surface area contributed by atoms with Crippen molar-refractivity contribution in [1.29, 1.82) is 0 Å². The molecule has 0 saturated carbocycles. The smallest absolute Gasteiger partial charge is 0.272 e. The molecule has 2 fully saturated rings. The monoisotopic (exact) mass is 370 g/mol. The Labute approximate surface area is 159 Å². The number of amides is 1. The van der Waals surface area contributed by atoms with Gasteiger partial charge in [-0.3, -0.25) is 14.5 Å². The molecule has 0 N–H and O–H groups in total. The van der Waals surface area contributed by atoms with Crippen molar-refractivity contribution in [2.45, 2.75) is 39.0 Å². The predicted molar refractivity (Wildman–Crippen MR) is 99.2 cm³/mol. The molecule has 0 aliphatic carbocycles. The lowest BCUT2D eigenvalue weighted by molar-refractivity contribution is -0.129. The molecule has 2 aliphatic heterocycles. The average Bonchev–Trinajstić information content (AvgIpc) is 3.24. The fraction of sp³-hybridized carbons (Fsp3) is 0.550. The summed E-state index contributed by atoms with van der Waals surface area (Å²) in [6.45, 7) is 7.82. The number of nitrogens with zero attached hydrogens (tertiary/aromatic N) is 4. The number of hydrogen-bond donors (Lipinski definition) is 0. The molecule has 0 bridgehead atoms. The molecule has 1 unspecified atom stereocenters. The van der Waals surface area contributed by atoms with E-state index in [2.05, 4.69) is 10.1 Å². The Morgan fingerprint density at radius 1 is 1.37 bits per heavy atom. The van der Waals surface area contributed by atoms with E-state index >= 15 is 0 Å². The van der Waals surface area contributed by atoms with Gasteiger partial charge in [-0.1, -0.05) is 0 Å². The number of pyridine rings is 1. The van der Waals surface area contributed by atoms with Gasteiger partial charge in [-0.25, -0.2) is 0 Å². The fourth-order valence-electron chi connectivity index (χ4n) is 4.03. The van der Waals surface area contributed by atoms with Crippen molar-refractivity contribution in [2.24, 2.45) is 5.92 Å². The second kappa shape index (κ2) is 7.40. The van der Waals surface area contributed by atoms with Gasteiger partial charge < -0.3 is 14.4 Å². The van der Waals surface area contributed by atoms with Crippen LogP contribution in [0.1, 0.15) is 35.1 Å². The Bertz CT molecular complexity index is 799. The molecule has 1 spiro atoms. The summed E-state index contributed by atoms with van der Waals surface area (Å²) in [5, 5.41) is 4.38. The summed E-state index contributed by atoms with van der Waals surface area (Å²) in [5.74, 6) is 0.358. The maximum atomic E-state index is 12.8. The first-order chi connectivity index (χ1) is 13.1.